The molecule has 0 fully saturated rings. The normalized spacial score (nSPS) is 12.7. The van der Waals surface area contributed by atoms with E-state index in [1.807, 2.05) is 51.1 Å². The number of hydrogen-bond donors (Lipinski definition) is 1. The van der Waals surface area contributed by atoms with Crippen LogP contribution in [0.5, 0.6) is 0 Å². The molecule has 1 atom stereocenters. The number of halogens is 1. The minimum absolute atomic E-state index is 0.158. The molecule has 7 nitrogen and oxygen atoms in total. The third-order valence-electron chi connectivity index (χ3n) is 4.64. The number of carbonyl (C=O) groups excluding carboxylic acids is 2. The van der Waals surface area contributed by atoms with Gasteiger partial charge in [0.2, 0.25) is 21.8 Å². The summed E-state index contributed by atoms with van der Waals surface area (Å²) < 4.78 is 26.0. The van der Waals surface area contributed by atoms with Crippen molar-refractivity contribution >= 4 is 39.1 Å². The van der Waals surface area contributed by atoms with Crippen molar-refractivity contribution in [1.29, 1.82) is 0 Å². The van der Waals surface area contributed by atoms with Gasteiger partial charge < -0.3 is 10.2 Å². The fraction of sp³-hybridized carbons (Fsp3) is 0.391. The van der Waals surface area contributed by atoms with Gasteiger partial charge >= 0.3 is 0 Å². The van der Waals surface area contributed by atoms with Crippen molar-refractivity contribution in [1.82, 2.24) is 10.2 Å². The summed E-state index contributed by atoms with van der Waals surface area (Å²) >= 11 is 6.03. The van der Waals surface area contributed by atoms with Gasteiger partial charge in [-0.2, -0.15) is 0 Å². The van der Waals surface area contributed by atoms with Gasteiger partial charge in [0.05, 0.1) is 11.9 Å². The Morgan fingerprint density at radius 1 is 1.06 bits per heavy atom. The maximum atomic E-state index is 13.4. The van der Waals surface area contributed by atoms with Crippen molar-refractivity contribution in [2.75, 3.05) is 17.1 Å². The van der Waals surface area contributed by atoms with Gasteiger partial charge in [-0.05, 0) is 51.5 Å². The van der Waals surface area contributed by atoms with Crippen LogP contribution in [0.2, 0.25) is 5.02 Å². The fourth-order valence-corrected chi connectivity index (χ4v) is 4.11. The lowest BCUT2D eigenvalue weighted by Gasteiger charge is -2.33. The molecule has 0 saturated heterocycles. The summed E-state index contributed by atoms with van der Waals surface area (Å²) in [6.45, 7) is 6.89. The van der Waals surface area contributed by atoms with Gasteiger partial charge in [0.1, 0.15) is 12.6 Å². The van der Waals surface area contributed by atoms with Crippen LogP contribution in [0.25, 0.3) is 0 Å². The second-order valence-corrected chi connectivity index (χ2v) is 11.0. The Balaban J connectivity index is 2.38. The van der Waals surface area contributed by atoms with Gasteiger partial charge in [-0.15, -0.1) is 0 Å². The molecule has 2 rings (SSSR count). The summed E-state index contributed by atoms with van der Waals surface area (Å²) in [5, 5.41) is 3.23. The van der Waals surface area contributed by atoms with Crippen molar-refractivity contribution in [2.24, 2.45) is 0 Å². The number of hydrogen-bond acceptors (Lipinski definition) is 4. The standard InChI is InChI=1S/C23H30ClN3O4S/c1-17(22(29)25-23(2,3)4)26(15-18-10-7-6-8-11-18)21(28)16-27(32(5,30)31)20-13-9-12-19(24)14-20/h6-14,17H,15-16H2,1-5H3,(H,25,29). The molecule has 1 N–H and O–H groups in total. The minimum atomic E-state index is -3.78. The van der Waals surface area contributed by atoms with Crippen LogP contribution < -0.4 is 9.62 Å². The second kappa shape index (κ2) is 10.4. The number of nitrogens with zero attached hydrogens (tertiary/aromatic N) is 2. The van der Waals surface area contributed by atoms with Gasteiger partial charge in [0.15, 0.2) is 0 Å². The van der Waals surface area contributed by atoms with Crippen LogP contribution in [-0.2, 0) is 26.2 Å². The molecule has 0 heterocycles. The van der Waals surface area contributed by atoms with Crippen LogP contribution in [-0.4, -0.2) is 49.5 Å². The SMILES string of the molecule is CC(C(=O)NC(C)(C)C)N(Cc1ccccc1)C(=O)CN(c1cccc(Cl)c1)S(C)(=O)=O. The van der Waals surface area contributed by atoms with Crippen molar-refractivity contribution < 1.29 is 18.0 Å². The van der Waals surface area contributed by atoms with Gasteiger partial charge in [-0.3, -0.25) is 13.9 Å². The van der Waals surface area contributed by atoms with Crippen LogP contribution in [0.3, 0.4) is 0 Å². The molecule has 0 aliphatic heterocycles. The van der Waals surface area contributed by atoms with Crippen molar-refractivity contribution in [3.63, 3.8) is 0 Å². The third-order valence-corrected chi connectivity index (χ3v) is 6.01. The van der Waals surface area contributed by atoms with Crippen molar-refractivity contribution in [3.8, 4) is 0 Å². The zero-order valence-electron chi connectivity index (χ0n) is 19.0. The first-order valence-electron chi connectivity index (χ1n) is 10.2. The number of carbonyl (C=O) groups is 2. The monoisotopic (exact) mass is 479 g/mol. The lowest BCUT2D eigenvalue weighted by atomic mass is 10.1. The van der Waals surface area contributed by atoms with Gasteiger partial charge in [0.25, 0.3) is 0 Å². The summed E-state index contributed by atoms with van der Waals surface area (Å²) in [7, 11) is -3.78. The lowest BCUT2D eigenvalue weighted by Crippen LogP contribution is -2.54. The topological polar surface area (TPSA) is 86.8 Å². The summed E-state index contributed by atoms with van der Waals surface area (Å²) in [6.07, 6.45) is 1.03. The molecular weight excluding hydrogens is 450 g/mol. The van der Waals surface area contributed by atoms with E-state index in [2.05, 4.69) is 5.32 Å². The van der Waals surface area contributed by atoms with Gasteiger partial charge in [-0.1, -0.05) is 48.0 Å². The Morgan fingerprint density at radius 3 is 2.22 bits per heavy atom. The molecule has 2 aromatic rings. The van der Waals surface area contributed by atoms with E-state index in [1.54, 1.807) is 25.1 Å². The zero-order chi connectivity index (χ0) is 24.1. The highest BCUT2D eigenvalue weighted by atomic mass is 35.5. The lowest BCUT2D eigenvalue weighted by molar-refractivity contribution is -0.140. The molecule has 0 aromatic heterocycles. The van der Waals surface area contributed by atoms with Crippen LogP contribution in [0, 0.1) is 0 Å². The highest BCUT2D eigenvalue weighted by Crippen LogP contribution is 2.22. The molecule has 32 heavy (non-hydrogen) atoms. The number of sulfonamides is 1. The van der Waals surface area contributed by atoms with Gasteiger partial charge in [0, 0.05) is 17.1 Å². The predicted octanol–water partition coefficient (Wildman–Crippen LogP) is 3.44. The summed E-state index contributed by atoms with van der Waals surface area (Å²) in [4.78, 5) is 27.6. The smallest absolute Gasteiger partial charge is 0.244 e. The minimum Gasteiger partial charge on any atom is -0.350 e. The number of benzene rings is 2. The Hall–Kier alpha value is -2.58. The van der Waals surface area contributed by atoms with Crippen molar-refractivity contribution in [2.45, 2.75) is 45.8 Å². The molecule has 9 heteroatoms. The number of amides is 2. The Kier molecular flexibility index (Phi) is 8.31. The fourth-order valence-electron chi connectivity index (χ4n) is 3.08. The molecular formula is C23H30ClN3O4S. The first-order chi connectivity index (χ1) is 14.8. The Bertz CT molecular complexity index is 1050. The molecule has 0 saturated carbocycles. The Morgan fingerprint density at radius 2 is 1.69 bits per heavy atom. The summed E-state index contributed by atoms with van der Waals surface area (Å²) in [5.41, 5.74) is 0.622. The first-order valence-corrected chi connectivity index (χ1v) is 12.4. The third kappa shape index (κ3) is 7.53. The molecule has 2 aromatic carbocycles. The maximum absolute atomic E-state index is 13.4. The first kappa shape index (κ1) is 25.7. The van der Waals surface area contributed by atoms with E-state index in [9.17, 15) is 18.0 Å². The van der Waals surface area contributed by atoms with E-state index in [0.717, 1.165) is 16.1 Å². The molecule has 0 radical (unpaired) electrons. The van der Waals surface area contributed by atoms with E-state index >= 15 is 0 Å². The van der Waals surface area contributed by atoms with Crippen LogP contribution >= 0.6 is 11.6 Å². The summed E-state index contributed by atoms with van der Waals surface area (Å²) in [6, 6.07) is 14.7. The largest absolute Gasteiger partial charge is 0.350 e. The van der Waals surface area contributed by atoms with Crippen LogP contribution in [0.1, 0.15) is 33.3 Å². The van der Waals surface area contributed by atoms with Crippen LogP contribution in [0.15, 0.2) is 54.6 Å². The molecule has 0 aliphatic carbocycles. The molecule has 174 valence electrons. The average molecular weight is 480 g/mol. The molecule has 0 bridgehead atoms. The predicted molar refractivity (Wildman–Crippen MR) is 128 cm³/mol. The molecule has 2 amide bonds. The van der Waals surface area contributed by atoms with Gasteiger partial charge in [-0.25, -0.2) is 8.42 Å². The maximum Gasteiger partial charge on any atom is 0.244 e. The zero-order valence-corrected chi connectivity index (χ0v) is 20.6. The second-order valence-electron chi connectivity index (χ2n) is 8.67. The van der Waals surface area contributed by atoms with Crippen molar-refractivity contribution in [3.05, 3.63) is 65.2 Å². The highest BCUT2D eigenvalue weighted by Gasteiger charge is 2.31. The van der Waals surface area contributed by atoms with E-state index < -0.39 is 34.1 Å². The molecule has 0 aliphatic rings. The average Bonchev–Trinajstić information content (AvgIpc) is 2.68. The van der Waals surface area contributed by atoms with E-state index in [0.29, 0.717) is 5.02 Å². The summed E-state index contributed by atoms with van der Waals surface area (Å²) in [5.74, 6) is -0.828. The van der Waals surface area contributed by atoms with E-state index in [-0.39, 0.29) is 18.1 Å². The molecule has 0 spiro atoms. The highest BCUT2D eigenvalue weighted by molar-refractivity contribution is 7.92. The quantitative estimate of drug-likeness (QED) is 0.628. The van der Waals surface area contributed by atoms with E-state index in [4.69, 9.17) is 11.6 Å². The van der Waals surface area contributed by atoms with E-state index in [1.165, 1.54) is 11.0 Å². The number of nitrogens with one attached hydrogen (secondary N) is 1. The van der Waals surface area contributed by atoms with Crippen LogP contribution in [0.4, 0.5) is 5.69 Å². The Labute approximate surface area is 195 Å². The number of anilines is 1. The number of rotatable bonds is 8. The molecule has 1 unspecified atom stereocenters.